The standard InChI is InChI=1S/C12H17NO3/c14-9-5-8(6-9)13-10(15)7-12(11(13)16)3-1-2-4-12/h8-9,14H,1-7H2. The van der Waals surface area contributed by atoms with Crippen molar-refractivity contribution in [2.75, 3.05) is 0 Å². The van der Waals surface area contributed by atoms with Gasteiger partial charge in [-0.05, 0) is 25.7 Å². The predicted octanol–water partition coefficient (Wildman–Crippen LogP) is 0.829. The number of carbonyl (C=O) groups excluding carboxylic acids is 2. The van der Waals surface area contributed by atoms with Crippen molar-refractivity contribution in [3.05, 3.63) is 0 Å². The lowest BCUT2D eigenvalue weighted by atomic mass is 9.84. The normalized spacial score (nSPS) is 37.2. The summed E-state index contributed by atoms with van der Waals surface area (Å²) in [6.07, 6.45) is 5.15. The van der Waals surface area contributed by atoms with Gasteiger partial charge in [0, 0.05) is 12.5 Å². The Hall–Kier alpha value is -0.900. The van der Waals surface area contributed by atoms with Crippen LogP contribution in [0.3, 0.4) is 0 Å². The van der Waals surface area contributed by atoms with Crippen LogP contribution >= 0.6 is 0 Å². The van der Waals surface area contributed by atoms with Gasteiger partial charge >= 0.3 is 0 Å². The van der Waals surface area contributed by atoms with Gasteiger partial charge in [-0.2, -0.15) is 0 Å². The maximum atomic E-state index is 12.3. The molecule has 16 heavy (non-hydrogen) atoms. The molecule has 0 aromatic rings. The van der Waals surface area contributed by atoms with Crippen molar-refractivity contribution >= 4 is 11.8 Å². The van der Waals surface area contributed by atoms with Crippen molar-refractivity contribution in [2.45, 2.75) is 57.1 Å². The summed E-state index contributed by atoms with van der Waals surface area (Å²) >= 11 is 0. The van der Waals surface area contributed by atoms with Crippen LogP contribution in [-0.2, 0) is 9.59 Å². The van der Waals surface area contributed by atoms with Gasteiger partial charge in [-0.25, -0.2) is 0 Å². The molecular formula is C12H17NO3. The fourth-order valence-corrected chi connectivity index (χ4v) is 3.40. The highest BCUT2D eigenvalue weighted by Crippen LogP contribution is 2.48. The topological polar surface area (TPSA) is 57.6 Å². The molecule has 1 spiro atoms. The van der Waals surface area contributed by atoms with Crippen LogP contribution < -0.4 is 0 Å². The molecule has 2 aliphatic carbocycles. The fraction of sp³-hybridized carbons (Fsp3) is 0.833. The van der Waals surface area contributed by atoms with Gasteiger partial charge in [-0.3, -0.25) is 14.5 Å². The molecule has 1 heterocycles. The van der Waals surface area contributed by atoms with Crippen LogP contribution in [0.5, 0.6) is 0 Å². The Morgan fingerprint density at radius 2 is 1.81 bits per heavy atom. The van der Waals surface area contributed by atoms with Crippen LogP contribution in [0.4, 0.5) is 0 Å². The minimum Gasteiger partial charge on any atom is -0.393 e. The molecule has 0 radical (unpaired) electrons. The van der Waals surface area contributed by atoms with Crippen molar-refractivity contribution < 1.29 is 14.7 Å². The largest absolute Gasteiger partial charge is 0.393 e. The van der Waals surface area contributed by atoms with E-state index in [1.54, 1.807) is 0 Å². The molecule has 2 amide bonds. The molecule has 3 aliphatic rings. The van der Waals surface area contributed by atoms with E-state index in [9.17, 15) is 14.7 Å². The van der Waals surface area contributed by atoms with Crippen LogP contribution in [0.15, 0.2) is 0 Å². The monoisotopic (exact) mass is 223 g/mol. The molecule has 0 aromatic carbocycles. The maximum Gasteiger partial charge on any atom is 0.236 e. The molecule has 4 nitrogen and oxygen atoms in total. The molecular weight excluding hydrogens is 206 g/mol. The van der Waals surface area contributed by atoms with E-state index in [0.717, 1.165) is 25.7 Å². The minimum absolute atomic E-state index is 0.0104. The van der Waals surface area contributed by atoms with E-state index in [1.807, 2.05) is 0 Å². The number of imide groups is 1. The van der Waals surface area contributed by atoms with E-state index in [4.69, 9.17) is 0 Å². The number of hydrogen-bond donors (Lipinski definition) is 1. The molecule has 88 valence electrons. The molecule has 4 heteroatoms. The van der Waals surface area contributed by atoms with E-state index in [-0.39, 0.29) is 29.4 Å². The van der Waals surface area contributed by atoms with Gasteiger partial charge in [-0.15, -0.1) is 0 Å². The molecule has 0 unspecified atom stereocenters. The van der Waals surface area contributed by atoms with E-state index in [2.05, 4.69) is 0 Å². The minimum atomic E-state index is -0.350. The first-order valence-corrected chi connectivity index (χ1v) is 6.17. The summed E-state index contributed by atoms with van der Waals surface area (Å²) in [5, 5.41) is 9.26. The number of rotatable bonds is 1. The lowest BCUT2D eigenvalue weighted by Gasteiger charge is -2.38. The van der Waals surface area contributed by atoms with E-state index >= 15 is 0 Å². The second-order valence-corrected chi connectivity index (χ2v) is 5.51. The summed E-state index contributed by atoms with van der Waals surface area (Å²) in [4.78, 5) is 25.7. The summed E-state index contributed by atoms with van der Waals surface area (Å²) in [5.41, 5.74) is -0.350. The first-order valence-electron chi connectivity index (χ1n) is 6.17. The molecule has 0 aromatic heterocycles. The lowest BCUT2D eigenvalue weighted by Crippen LogP contribution is -2.50. The van der Waals surface area contributed by atoms with Crippen molar-refractivity contribution in [1.29, 1.82) is 0 Å². The van der Waals surface area contributed by atoms with Crippen molar-refractivity contribution in [3.63, 3.8) is 0 Å². The molecule has 2 saturated carbocycles. The second kappa shape index (κ2) is 3.29. The van der Waals surface area contributed by atoms with Crippen LogP contribution in [-0.4, -0.2) is 34.0 Å². The van der Waals surface area contributed by atoms with Crippen LogP contribution in [0.2, 0.25) is 0 Å². The Bertz CT molecular complexity index is 340. The fourth-order valence-electron chi connectivity index (χ4n) is 3.40. The van der Waals surface area contributed by atoms with Gasteiger partial charge in [-0.1, -0.05) is 12.8 Å². The highest BCUT2D eigenvalue weighted by molar-refractivity contribution is 6.06. The zero-order valence-corrected chi connectivity index (χ0v) is 9.32. The van der Waals surface area contributed by atoms with Crippen LogP contribution in [0.25, 0.3) is 0 Å². The number of nitrogens with zero attached hydrogens (tertiary/aromatic N) is 1. The Kier molecular flexibility index (Phi) is 2.11. The molecule has 0 atom stereocenters. The quantitative estimate of drug-likeness (QED) is 0.670. The second-order valence-electron chi connectivity index (χ2n) is 5.51. The Balaban J connectivity index is 1.80. The number of amides is 2. The molecule has 1 aliphatic heterocycles. The number of likely N-dealkylation sites (tertiary alicyclic amines) is 1. The summed E-state index contributed by atoms with van der Waals surface area (Å²) < 4.78 is 0. The van der Waals surface area contributed by atoms with Crippen LogP contribution in [0.1, 0.15) is 44.9 Å². The zero-order chi connectivity index (χ0) is 11.3. The smallest absolute Gasteiger partial charge is 0.236 e. The van der Waals surface area contributed by atoms with Crippen molar-refractivity contribution in [1.82, 2.24) is 4.90 Å². The highest BCUT2D eigenvalue weighted by atomic mass is 16.3. The Morgan fingerprint density at radius 1 is 1.19 bits per heavy atom. The van der Waals surface area contributed by atoms with E-state index in [1.165, 1.54) is 4.90 Å². The van der Waals surface area contributed by atoms with Gasteiger partial charge < -0.3 is 5.11 Å². The Morgan fingerprint density at radius 3 is 2.38 bits per heavy atom. The lowest BCUT2D eigenvalue weighted by molar-refractivity contribution is -0.148. The number of carbonyl (C=O) groups is 2. The third kappa shape index (κ3) is 1.25. The van der Waals surface area contributed by atoms with Crippen LogP contribution in [0, 0.1) is 5.41 Å². The molecule has 3 rings (SSSR count). The number of hydrogen-bond acceptors (Lipinski definition) is 3. The first-order chi connectivity index (χ1) is 7.62. The SMILES string of the molecule is O=C1CC2(CCCC2)C(=O)N1C1CC(O)C1. The Labute approximate surface area is 94.6 Å². The van der Waals surface area contributed by atoms with Crippen molar-refractivity contribution in [3.8, 4) is 0 Å². The molecule has 3 fully saturated rings. The van der Waals surface area contributed by atoms with Crippen molar-refractivity contribution in [2.24, 2.45) is 5.41 Å². The molecule has 1 saturated heterocycles. The average molecular weight is 223 g/mol. The maximum absolute atomic E-state index is 12.3. The summed E-state index contributed by atoms with van der Waals surface area (Å²) in [5.74, 6) is 0.0377. The first kappa shape index (κ1) is 10.3. The third-order valence-corrected chi connectivity index (χ3v) is 4.44. The van der Waals surface area contributed by atoms with Gasteiger partial charge in [0.25, 0.3) is 0 Å². The number of aliphatic hydroxyl groups excluding tert-OH is 1. The molecule has 0 bridgehead atoms. The number of aliphatic hydroxyl groups is 1. The van der Waals surface area contributed by atoms with E-state index < -0.39 is 0 Å². The van der Waals surface area contributed by atoms with Gasteiger partial charge in [0.05, 0.1) is 11.5 Å². The third-order valence-electron chi connectivity index (χ3n) is 4.44. The van der Waals surface area contributed by atoms with Gasteiger partial charge in [0.2, 0.25) is 11.8 Å². The zero-order valence-electron chi connectivity index (χ0n) is 9.32. The van der Waals surface area contributed by atoms with Gasteiger partial charge in [0.15, 0.2) is 0 Å². The van der Waals surface area contributed by atoms with Gasteiger partial charge in [0.1, 0.15) is 0 Å². The molecule has 1 N–H and O–H groups in total. The average Bonchev–Trinajstić information content (AvgIpc) is 2.72. The summed E-state index contributed by atoms with van der Waals surface area (Å²) in [6, 6.07) is -0.0185. The summed E-state index contributed by atoms with van der Waals surface area (Å²) in [7, 11) is 0. The summed E-state index contributed by atoms with van der Waals surface area (Å²) in [6.45, 7) is 0. The highest BCUT2D eigenvalue weighted by Gasteiger charge is 2.55. The predicted molar refractivity (Wildman–Crippen MR) is 56.4 cm³/mol. The van der Waals surface area contributed by atoms with E-state index in [0.29, 0.717) is 19.3 Å².